The van der Waals surface area contributed by atoms with E-state index in [0.717, 1.165) is 0 Å². The highest BCUT2D eigenvalue weighted by Gasteiger charge is 2.74. The molecule has 0 radical (unpaired) electrons. The number of hydrogen-bond donors (Lipinski definition) is 0. The Labute approximate surface area is 119 Å². The summed E-state index contributed by atoms with van der Waals surface area (Å²) in [5, 5.41) is -3.22. The normalized spacial score (nSPS) is 51.5. The average Bonchev–Trinajstić information content (AvgIpc) is 1.83. The lowest BCUT2D eigenvalue weighted by molar-refractivity contribution is 0.0910. The van der Waals surface area contributed by atoms with Crippen LogP contribution >= 0.6 is 70.2 Å². The van der Waals surface area contributed by atoms with E-state index in [2.05, 4.69) is 59.6 Å². The van der Waals surface area contributed by atoms with Crippen molar-refractivity contribution in [2.75, 3.05) is 0 Å². The smallest absolute Gasteiger partial charge is 0.271 e. The van der Waals surface area contributed by atoms with E-state index in [1.54, 1.807) is 0 Å². The molecule has 0 aromatic heterocycles. The summed E-state index contributed by atoms with van der Waals surface area (Å²) in [6.07, 6.45) is 0. The fourth-order valence-corrected chi connectivity index (χ4v) is 11.4. The van der Waals surface area contributed by atoms with Crippen LogP contribution in [0.2, 0.25) is 0 Å². The molecule has 4 fully saturated rings. The van der Waals surface area contributed by atoms with Crippen LogP contribution in [0.3, 0.4) is 0 Å². The molecule has 4 rings (SSSR count). The van der Waals surface area contributed by atoms with E-state index < -0.39 is 36.5 Å². The van der Waals surface area contributed by atoms with E-state index in [1.807, 2.05) is 0 Å². The van der Waals surface area contributed by atoms with Gasteiger partial charge in [-0.25, -0.2) is 18.3 Å². The number of rotatable bonds is 0. The lowest BCUT2D eigenvalue weighted by Crippen LogP contribution is -2.19. The summed E-state index contributed by atoms with van der Waals surface area (Å²) in [6, 6.07) is 0. The van der Waals surface area contributed by atoms with Crippen LogP contribution in [0.4, 0.5) is 0 Å². The largest absolute Gasteiger partial charge is 0.501 e. The first-order chi connectivity index (χ1) is 8.24. The fraction of sp³-hybridized carbons (Fsp3) is 0. The molecule has 4 bridgehead atoms. The lowest BCUT2D eigenvalue weighted by atomic mass is 15.6. The molecule has 0 aromatic carbocycles. The van der Waals surface area contributed by atoms with Crippen molar-refractivity contribution in [3.8, 4) is 0 Å². The van der Waals surface area contributed by atoms with Gasteiger partial charge in [0, 0.05) is 0 Å². The van der Waals surface area contributed by atoms with Crippen molar-refractivity contribution < 1.29 is 48.7 Å². The van der Waals surface area contributed by atoms with Gasteiger partial charge in [-0.05, 0) is 33.7 Å². The van der Waals surface area contributed by atoms with Gasteiger partial charge in [0.05, 0.1) is 0 Å². The summed E-state index contributed by atoms with van der Waals surface area (Å²) < 4.78 is 79.5. The molecule has 112 valence electrons. The first-order valence-electron chi connectivity index (χ1n) is 3.61. The lowest BCUT2D eigenvalue weighted by Gasteiger charge is -2.41. The SMILES string of the molecule is O=P(Cl)(Cl)Cl.O=P12OP3(=O)OP(=O)(O1)OP(=O)(O2)O3. The van der Waals surface area contributed by atoms with E-state index >= 15 is 0 Å². The molecule has 0 saturated carbocycles. The van der Waals surface area contributed by atoms with Crippen LogP contribution in [0.5, 0.6) is 0 Å². The van der Waals surface area contributed by atoms with Crippen molar-refractivity contribution in [3.05, 3.63) is 0 Å². The van der Waals surface area contributed by atoms with Crippen LogP contribution < -0.4 is 0 Å². The molecule has 0 amide bonds. The van der Waals surface area contributed by atoms with E-state index in [-0.39, 0.29) is 0 Å². The highest BCUT2D eigenvalue weighted by Crippen LogP contribution is 2.99. The first-order valence-corrected chi connectivity index (χ1v) is 13.9. The Hall–Kier alpha value is 1.78. The summed E-state index contributed by atoms with van der Waals surface area (Å²) in [4.78, 5) is 0. The van der Waals surface area contributed by atoms with Gasteiger partial charge in [0.1, 0.15) is 0 Å². The highest BCUT2D eigenvalue weighted by molar-refractivity contribution is 8.24. The second-order valence-corrected chi connectivity index (χ2v) is 16.8. The van der Waals surface area contributed by atoms with Crippen LogP contribution in [0.1, 0.15) is 0 Å². The monoisotopic (exact) mass is 436 g/mol. The average molecular weight is 437 g/mol. The molecule has 19 heteroatoms. The maximum Gasteiger partial charge on any atom is 0.501 e. The Bertz CT molecular complexity index is 480. The maximum absolute atomic E-state index is 11.3. The number of hydrogen-bond acceptors (Lipinski definition) is 11. The Morgan fingerprint density at radius 1 is 0.579 bits per heavy atom. The zero-order valence-corrected chi connectivity index (χ0v) is 14.6. The Kier molecular flexibility index (Phi) is 4.41. The number of phosphoric acid groups is 4. The third-order valence-electron chi connectivity index (χ3n) is 1.20. The molecular weight excluding hydrogens is 437 g/mol. The van der Waals surface area contributed by atoms with E-state index in [9.17, 15) is 22.8 Å². The van der Waals surface area contributed by atoms with Crippen molar-refractivity contribution in [2.24, 2.45) is 0 Å². The van der Waals surface area contributed by atoms with Crippen molar-refractivity contribution in [3.63, 3.8) is 0 Å². The second-order valence-electron chi connectivity index (χ2n) is 2.68. The van der Waals surface area contributed by atoms with Gasteiger partial charge in [-0.1, -0.05) is 0 Å². The molecule has 0 aromatic rings. The van der Waals surface area contributed by atoms with Gasteiger partial charge in [-0.3, -0.25) is 4.57 Å². The summed E-state index contributed by atoms with van der Waals surface area (Å²) in [5.74, 6) is 0. The topological polar surface area (TPSA) is 141 Å². The second kappa shape index (κ2) is 4.89. The van der Waals surface area contributed by atoms with Gasteiger partial charge in [-0.2, -0.15) is 25.9 Å². The number of halogens is 3. The molecule has 0 spiro atoms. The van der Waals surface area contributed by atoms with Crippen LogP contribution in [-0.4, -0.2) is 0 Å². The minimum Gasteiger partial charge on any atom is -0.271 e. The van der Waals surface area contributed by atoms with Gasteiger partial charge >= 0.3 is 36.5 Å². The predicted octanol–water partition coefficient (Wildman–Crippen LogP) is 5.37. The fourth-order valence-electron chi connectivity index (χ4n) is 0.914. The van der Waals surface area contributed by atoms with Gasteiger partial charge in [0.25, 0.3) is 0 Å². The van der Waals surface area contributed by atoms with E-state index in [1.165, 1.54) is 0 Å². The zero-order chi connectivity index (χ0) is 14.7. The summed E-state index contributed by atoms with van der Waals surface area (Å²) in [7, 11) is -17.7. The molecule has 0 N–H and O–H groups in total. The Morgan fingerprint density at radius 2 is 0.684 bits per heavy atom. The quantitative estimate of drug-likeness (QED) is 0.452. The van der Waals surface area contributed by atoms with Crippen molar-refractivity contribution in [1.82, 2.24) is 0 Å². The van der Waals surface area contributed by atoms with Crippen molar-refractivity contribution in [1.29, 1.82) is 0 Å². The van der Waals surface area contributed by atoms with Gasteiger partial charge < -0.3 is 0 Å². The Balaban J connectivity index is 0.000000232. The van der Waals surface area contributed by atoms with E-state index in [4.69, 9.17) is 0 Å². The molecule has 19 heavy (non-hydrogen) atoms. The van der Waals surface area contributed by atoms with Crippen LogP contribution in [0.15, 0.2) is 0 Å². The molecular formula is Cl3O11P5. The standard InChI is InChI=1S/Cl3OP.O10P4/c1-5(2,3)4;1-11-5-12(2)8-13(3,6-11)10-14(4,7-11)9-12. The van der Waals surface area contributed by atoms with Crippen LogP contribution in [0, 0.1) is 0 Å². The molecule has 4 heterocycles. The van der Waals surface area contributed by atoms with Gasteiger partial charge in [0.2, 0.25) is 0 Å². The summed E-state index contributed by atoms with van der Waals surface area (Å²) in [6.45, 7) is 0. The summed E-state index contributed by atoms with van der Waals surface area (Å²) >= 11 is 13.8. The third kappa shape index (κ3) is 4.38. The van der Waals surface area contributed by atoms with Gasteiger partial charge in [-0.15, -0.1) is 0 Å². The van der Waals surface area contributed by atoms with Gasteiger partial charge in [0.15, 0.2) is 0 Å². The predicted molar refractivity (Wildman–Crippen MR) is 62.1 cm³/mol. The first kappa shape index (κ1) is 17.1. The molecule has 4 aliphatic rings. The minimum atomic E-state index is -4.43. The molecule has 0 aliphatic carbocycles. The van der Waals surface area contributed by atoms with Crippen LogP contribution in [0.25, 0.3) is 0 Å². The van der Waals surface area contributed by atoms with E-state index in [0.29, 0.717) is 0 Å². The third-order valence-corrected chi connectivity index (χ3v) is 10.8. The molecule has 4 saturated heterocycles. The molecule has 11 nitrogen and oxygen atoms in total. The Morgan fingerprint density at radius 3 is 0.789 bits per heavy atom. The van der Waals surface area contributed by atoms with Crippen molar-refractivity contribution in [2.45, 2.75) is 0 Å². The molecule has 4 aliphatic heterocycles. The minimum absolute atomic E-state index is 3.22. The zero-order valence-electron chi connectivity index (χ0n) is 7.86. The van der Waals surface area contributed by atoms with Crippen molar-refractivity contribution >= 4 is 70.2 Å². The van der Waals surface area contributed by atoms with Crippen LogP contribution in [-0.2, 0) is 48.7 Å². The highest BCUT2D eigenvalue weighted by atomic mass is 36.0. The maximum atomic E-state index is 11.3. The molecule has 0 atom stereocenters. The molecule has 0 unspecified atom stereocenters. The summed E-state index contributed by atoms with van der Waals surface area (Å²) in [5.41, 5.74) is 0.